The highest BCUT2D eigenvalue weighted by molar-refractivity contribution is 5.98. The summed E-state index contributed by atoms with van der Waals surface area (Å²) in [6, 6.07) is 5.70. The second-order valence-corrected chi connectivity index (χ2v) is 4.93. The number of aliphatic hydroxyl groups is 1. The van der Waals surface area contributed by atoms with Crippen LogP contribution in [0.5, 0.6) is 0 Å². The summed E-state index contributed by atoms with van der Waals surface area (Å²) in [5.74, 6) is 0.463. The molecule has 0 saturated heterocycles. The molecular formula is C16H19N3O3. The standard InChI is InChI=1S/C16H19N3O3/c1-3-6-18(9-10-20)15(21)14-12(2)22-16(13(14)11-17)19-7-4-5-8-19/h4-5,7-8,20H,3,6,9-10H2,1-2H3. The van der Waals surface area contributed by atoms with E-state index in [-0.39, 0.29) is 30.2 Å². The summed E-state index contributed by atoms with van der Waals surface area (Å²) in [6.07, 6.45) is 4.28. The molecule has 0 spiro atoms. The Morgan fingerprint density at radius 3 is 2.64 bits per heavy atom. The van der Waals surface area contributed by atoms with Crippen molar-refractivity contribution in [3.63, 3.8) is 0 Å². The van der Waals surface area contributed by atoms with Gasteiger partial charge in [0.2, 0.25) is 5.88 Å². The van der Waals surface area contributed by atoms with Crippen molar-refractivity contribution < 1.29 is 14.3 Å². The molecule has 0 saturated carbocycles. The van der Waals surface area contributed by atoms with Crippen LogP contribution in [0.15, 0.2) is 28.9 Å². The zero-order valence-corrected chi connectivity index (χ0v) is 12.7. The first-order valence-corrected chi connectivity index (χ1v) is 7.21. The number of carbonyl (C=O) groups is 1. The Morgan fingerprint density at radius 2 is 2.09 bits per heavy atom. The summed E-state index contributed by atoms with van der Waals surface area (Å²) in [5, 5.41) is 18.6. The number of aliphatic hydroxyl groups excluding tert-OH is 1. The lowest BCUT2D eigenvalue weighted by atomic mass is 10.1. The number of furan rings is 1. The van der Waals surface area contributed by atoms with E-state index in [1.54, 1.807) is 23.9 Å². The Kier molecular flexibility index (Phi) is 5.02. The molecule has 1 N–H and O–H groups in total. The minimum absolute atomic E-state index is 0.116. The van der Waals surface area contributed by atoms with Gasteiger partial charge in [-0.2, -0.15) is 5.26 Å². The number of nitrogens with zero attached hydrogens (tertiary/aromatic N) is 3. The van der Waals surface area contributed by atoms with Crippen molar-refractivity contribution >= 4 is 5.91 Å². The van der Waals surface area contributed by atoms with Gasteiger partial charge >= 0.3 is 0 Å². The number of aryl methyl sites for hydroxylation is 1. The highest BCUT2D eigenvalue weighted by Gasteiger charge is 2.27. The minimum atomic E-state index is -0.285. The molecule has 0 aliphatic carbocycles. The quantitative estimate of drug-likeness (QED) is 0.885. The van der Waals surface area contributed by atoms with Gasteiger partial charge in [-0.3, -0.25) is 9.36 Å². The van der Waals surface area contributed by atoms with E-state index < -0.39 is 0 Å². The van der Waals surface area contributed by atoms with E-state index in [0.717, 1.165) is 6.42 Å². The molecule has 0 unspecified atom stereocenters. The fourth-order valence-corrected chi connectivity index (χ4v) is 2.41. The van der Waals surface area contributed by atoms with Gasteiger partial charge in [0.15, 0.2) is 0 Å². The molecule has 22 heavy (non-hydrogen) atoms. The number of hydrogen-bond donors (Lipinski definition) is 1. The van der Waals surface area contributed by atoms with Crippen molar-refractivity contribution in [1.82, 2.24) is 9.47 Å². The van der Waals surface area contributed by atoms with Crippen LogP contribution in [-0.4, -0.2) is 40.2 Å². The van der Waals surface area contributed by atoms with E-state index >= 15 is 0 Å². The van der Waals surface area contributed by atoms with Gasteiger partial charge in [-0.1, -0.05) is 6.92 Å². The van der Waals surface area contributed by atoms with Gasteiger partial charge < -0.3 is 14.4 Å². The van der Waals surface area contributed by atoms with Gasteiger partial charge in [-0.25, -0.2) is 0 Å². The Labute approximate surface area is 129 Å². The van der Waals surface area contributed by atoms with Crippen molar-refractivity contribution in [2.45, 2.75) is 20.3 Å². The molecule has 0 aromatic carbocycles. The van der Waals surface area contributed by atoms with Gasteiger partial charge in [0.25, 0.3) is 5.91 Å². The van der Waals surface area contributed by atoms with E-state index in [1.807, 2.05) is 19.1 Å². The lowest BCUT2D eigenvalue weighted by Crippen LogP contribution is -2.34. The van der Waals surface area contributed by atoms with Crippen molar-refractivity contribution in [2.75, 3.05) is 19.7 Å². The number of carbonyl (C=O) groups excluding carboxylic acids is 1. The maximum absolute atomic E-state index is 12.7. The number of amides is 1. The van der Waals surface area contributed by atoms with Crippen LogP contribution in [0.2, 0.25) is 0 Å². The van der Waals surface area contributed by atoms with Crippen LogP contribution < -0.4 is 0 Å². The topological polar surface area (TPSA) is 82.4 Å². The maximum atomic E-state index is 12.7. The van der Waals surface area contributed by atoms with Crippen molar-refractivity contribution in [1.29, 1.82) is 5.26 Å². The van der Waals surface area contributed by atoms with Crippen LogP contribution >= 0.6 is 0 Å². The molecule has 6 heteroatoms. The van der Waals surface area contributed by atoms with Crippen LogP contribution in [0, 0.1) is 18.3 Å². The van der Waals surface area contributed by atoms with E-state index in [0.29, 0.717) is 18.2 Å². The third-order valence-corrected chi connectivity index (χ3v) is 3.38. The molecule has 2 aromatic heterocycles. The third kappa shape index (κ3) is 2.90. The first-order chi connectivity index (χ1) is 10.6. The zero-order valence-electron chi connectivity index (χ0n) is 12.7. The summed E-state index contributed by atoms with van der Waals surface area (Å²) in [6.45, 7) is 4.27. The Hall–Kier alpha value is -2.52. The molecule has 0 bridgehead atoms. The fourth-order valence-electron chi connectivity index (χ4n) is 2.41. The molecule has 1 amide bonds. The number of nitriles is 1. The summed E-state index contributed by atoms with van der Waals surface area (Å²) in [5.41, 5.74) is 0.492. The average molecular weight is 301 g/mol. The normalized spacial score (nSPS) is 10.5. The van der Waals surface area contributed by atoms with E-state index in [1.165, 1.54) is 4.90 Å². The van der Waals surface area contributed by atoms with Crippen LogP contribution in [0.3, 0.4) is 0 Å². The first kappa shape index (κ1) is 15.9. The largest absolute Gasteiger partial charge is 0.443 e. The van der Waals surface area contributed by atoms with Gasteiger partial charge in [-0.05, 0) is 25.5 Å². The molecule has 0 aliphatic rings. The lowest BCUT2D eigenvalue weighted by Gasteiger charge is -2.20. The summed E-state index contributed by atoms with van der Waals surface area (Å²) in [7, 11) is 0. The highest BCUT2D eigenvalue weighted by Crippen LogP contribution is 2.26. The molecule has 2 heterocycles. The average Bonchev–Trinajstić information content (AvgIpc) is 3.13. The second kappa shape index (κ2) is 6.96. The summed E-state index contributed by atoms with van der Waals surface area (Å²) >= 11 is 0. The summed E-state index contributed by atoms with van der Waals surface area (Å²) < 4.78 is 7.30. The molecule has 2 rings (SSSR count). The zero-order chi connectivity index (χ0) is 16.1. The van der Waals surface area contributed by atoms with Crippen molar-refractivity contribution in [3.8, 4) is 12.0 Å². The predicted octanol–water partition coefficient (Wildman–Crippen LogP) is 2.09. The van der Waals surface area contributed by atoms with Crippen LogP contribution in [0.4, 0.5) is 0 Å². The van der Waals surface area contributed by atoms with Gasteiger partial charge in [0, 0.05) is 25.5 Å². The first-order valence-electron chi connectivity index (χ1n) is 7.21. The van der Waals surface area contributed by atoms with Crippen molar-refractivity contribution in [2.24, 2.45) is 0 Å². The SMILES string of the molecule is CCCN(CCO)C(=O)c1c(C)oc(-n2cccc2)c1C#N. The maximum Gasteiger partial charge on any atom is 0.258 e. The molecule has 0 fully saturated rings. The lowest BCUT2D eigenvalue weighted by molar-refractivity contribution is 0.0720. The van der Waals surface area contributed by atoms with E-state index in [4.69, 9.17) is 9.52 Å². The number of rotatable bonds is 6. The summed E-state index contributed by atoms with van der Waals surface area (Å²) in [4.78, 5) is 14.2. The van der Waals surface area contributed by atoms with Crippen LogP contribution in [0.25, 0.3) is 5.88 Å². The minimum Gasteiger partial charge on any atom is -0.443 e. The number of aromatic nitrogens is 1. The smallest absolute Gasteiger partial charge is 0.258 e. The van der Waals surface area contributed by atoms with Crippen molar-refractivity contribution in [3.05, 3.63) is 41.4 Å². The molecule has 116 valence electrons. The van der Waals surface area contributed by atoms with E-state index in [9.17, 15) is 10.1 Å². The molecule has 2 aromatic rings. The Bertz CT molecular complexity index is 674. The fraction of sp³-hybridized carbons (Fsp3) is 0.375. The third-order valence-electron chi connectivity index (χ3n) is 3.38. The van der Waals surface area contributed by atoms with Crippen LogP contribution in [-0.2, 0) is 0 Å². The molecule has 0 aliphatic heterocycles. The molecule has 0 radical (unpaired) electrons. The predicted molar refractivity (Wildman–Crippen MR) is 80.8 cm³/mol. The monoisotopic (exact) mass is 301 g/mol. The molecule has 6 nitrogen and oxygen atoms in total. The van der Waals surface area contributed by atoms with Gasteiger partial charge in [-0.15, -0.1) is 0 Å². The van der Waals surface area contributed by atoms with E-state index in [2.05, 4.69) is 6.07 Å². The highest BCUT2D eigenvalue weighted by atomic mass is 16.4. The second-order valence-electron chi connectivity index (χ2n) is 4.93. The van der Waals surface area contributed by atoms with Gasteiger partial charge in [0.1, 0.15) is 23.0 Å². The molecule has 0 atom stereocenters. The Morgan fingerprint density at radius 1 is 1.41 bits per heavy atom. The molecular weight excluding hydrogens is 282 g/mol. The number of hydrogen-bond acceptors (Lipinski definition) is 4. The Balaban J connectivity index is 2.47. The van der Waals surface area contributed by atoms with Crippen LogP contribution in [0.1, 0.15) is 35.0 Å². The van der Waals surface area contributed by atoms with Gasteiger partial charge in [0.05, 0.1) is 6.61 Å².